The Kier molecular flexibility index (Phi) is 6.37. The molecular weight excluding hydrogens is 246 g/mol. The van der Waals surface area contributed by atoms with Gasteiger partial charge in [-0.3, -0.25) is 0 Å². The van der Waals surface area contributed by atoms with Crippen LogP contribution in [0.3, 0.4) is 0 Å². The first-order valence-corrected chi connectivity index (χ1v) is 6.60. The Labute approximate surface area is 115 Å². The fraction of sp³-hybridized carbons (Fsp3) is 0.333. The summed E-state index contributed by atoms with van der Waals surface area (Å²) in [5.74, 6) is 1.64. The molecule has 0 aliphatic heterocycles. The summed E-state index contributed by atoms with van der Waals surface area (Å²) in [6.07, 6.45) is 5.93. The molecule has 0 N–H and O–H groups in total. The van der Waals surface area contributed by atoms with Gasteiger partial charge in [0.15, 0.2) is 5.88 Å². The number of hydrogen-bond donors (Lipinski definition) is 0. The average Bonchev–Trinajstić information content (AvgIpc) is 2.39. The van der Waals surface area contributed by atoms with E-state index < -0.39 is 0 Å². The van der Waals surface area contributed by atoms with Crippen molar-refractivity contribution in [3.8, 4) is 5.75 Å². The van der Waals surface area contributed by atoms with Crippen LogP contribution in [-0.2, 0) is 0 Å². The summed E-state index contributed by atoms with van der Waals surface area (Å²) in [5.41, 5.74) is 0. The molecule has 0 fully saturated rings. The highest BCUT2D eigenvalue weighted by Gasteiger charge is 2.07. The third-order valence-electron chi connectivity index (χ3n) is 2.54. The second-order valence-electron chi connectivity index (χ2n) is 3.76. The normalized spacial score (nSPS) is 11.9. The third-order valence-corrected chi connectivity index (χ3v) is 2.79. The Hall–Kier alpha value is -1.41. The second kappa shape index (κ2) is 7.83. The van der Waals surface area contributed by atoms with E-state index in [0.717, 1.165) is 24.7 Å². The molecule has 98 valence electrons. The van der Waals surface area contributed by atoms with Crippen molar-refractivity contribution in [3.05, 3.63) is 53.4 Å². The van der Waals surface area contributed by atoms with E-state index in [1.54, 1.807) is 0 Å². The predicted octanol–water partition coefficient (Wildman–Crippen LogP) is 4.48. The molecule has 18 heavy (non-hydrogen) atoms. The van der Waals surface area contributed by atoms with Crippen LogP contribution in [0.4, 0.5) is 0 Å². The second-order valence-corrected chi connectivity index (χ2v) is 4.20. The van der Waals surface area contributed by atoms with Crippen molar-refractivity contribution in [1.29, 1.82) is 0 Å². The highest BCUT2D eigenvalue weighted by atomic mass is 35.5. The van der Waals surface area contributed by atoms with Crippen molar-refractivity contribution in [2.75, 3.05) is 13.1 Å². The Bertz CT molecular complexity index is 405. The zero-order chi connectivity index (χ0) is 13.4. The van der Waals surface area contributed by atoms with E-state index in [2.05, 4.69) is 18.7 Å². The molecule has 0 spiro atoms. The van der Waals surface area contributed by atoms with E-state index in [9.17, 15) is 0 Å². The summed E-state index contributed by atoms with van der Waals surface area (Å²) >= 11 is 5.86. The molecule has 1 rings (SSSR count). The molecule has 0 heterocycles. The van der Waals surface area contributed by atoms with Gasteiger partial charge in [0.05, 0.1) is 0 Å². The van der Waals surface area contributed by atoms with Crippen molar-refractivity contribution >= 4 is 11.6 Å². The van der Waals surface area contributed by atoms with Crippen LogP contribution in [0.15, 0.2) is 48.4 Å². The lowest BCUT2D eigenvalue weighted by Crippen LogP contribution is -2.25. The maximum atomic E-state index is 5.89. The molecule has 1 aromatic carbocycles. The van der Waals surface area contributed by atoms with Crippen LogP contribution >= 0.6 is 11.6 Å². The van der Waals surface area contributed by atoms with Gasteiger partial charge in [0.25, 0.3) is 0 Å². The van der Waals surface area contributed by atoms with Gasteiger partial charge in [-0.25, -0.2) is 0 Å². The van der Waals surface area contributed by atoms with E-state index in [4.69, 9.17) is 16.3 Å². The third kappa shape index (κ3) is 4.46. The minimum atomic E-state index is 0.712. The molecular formula is C15H20ClNO. The van der Waals surface area contributed by atoms with Crippen LogP contribution in [0.1, 0.15) is 20.8 Å². The molecule has 2 nitrogen and oxygen atoms in total. The van der Waals surface area contributed by atoms with Crippen LogP contribution in [0.5, 0.6) is 5.75 Å². The lowest BCUT2D eigenvalue weighted by Gasteiger charge is -2.23. The number of benzene rings is 1. The van der Waals surface area contributed by atoms with Crippen LogP contribution in [0.25, 0.3) is 0 Å². The van der Waals surface area contributed by atoms with Crippen molar-refractivity contribution in [1.82, 2.24) is 4.90 Å². The zero-order valence-corrected chi connectivity index (χ0v) is 11.9. The summed E-state index contributed by atoms with van der Waals surface area (Å²) in [6.45, 7) is 8.02. The number of hydrogen-bond acceptors (Lipinski definition) is 2. The first-order chi connectivity index (χ1) is 8.71. The topological polar surface area (TPSA) is 12.5 Å². The lowest BCUT2D eigenvalue weighted by atomic mass is 10.3. The van der Waals surface area contributed by atoms with Crippen LogP contribution in [0, 0.1) is 0 Å². The molecule has 0 radical (unpaired) electrons. The first-order valence-electron chi connectivity index (χ1n) is 6.22. The van der Waals surface area contributed by atoms with Gasteiger partial charge >= 0.3 is 0 Å². The molecule has 0 aliphatic carbocycles. The summed E-state index contributed by atoms with van der Waals surface area (Å²) in [4.78, 5) is 2.16. The minimum Gasteiger partial charge on any atom is -0.441 e. The quantitative estimate of drug-likeness (QED) is 0.555. The lowest BCUT2D eigenvalue weighted by molar-refractivity contribution is 0.231. The molecule has 0 amide bonds. The highest BCUT2D eigenvalue weighted by Crippen LogP contribution is 2.19. The van der Waals surface area contributed by atoms with Crippen molar-refractivity contribution in [2.45, 2.75) is 20.8 Å². The van der Waals surface area contributed by atoms with Crippen LogP contribution in [0.2, 0.25) is 5.02 Å². The Morgan fingerprint density at radius 1 is 1.22 bits per heavy atom. The van der Waals surface area contributed by atoms with Gasteiger partial charge in [0.1, 0.15) is 5.75 Å². The van der Waals surface area contributed by atoms with Gasteiger partial charge < -0.3 is 9.64 Å². The smallest absolute Gasteiger partial charge is 0.195 e. The van der Waals surface area contributed by atoms with E-state index >= 15 is 0 Å². The number of halogens is 1. The Morgan fingerprint density at radius 3 is 2.33 bits per heavy atom. The maximum Gasteiger partial charge on any atom is 0.195 e. The zero-order valence-electron chi connectivity index (χ0n) is 11.2. The molecule has 3 heteroatoms. The monoisotopic (exact) mass is 265 g/mol. The fourth-order valence-corrected chi connectivity index (χ4v) is 1.67. The molecule has 1 aromatic rings. The fourth-order valence-electron chi connectivity index (χ4n) is 1.54. The summed E-state index contributed by atoms with van der Waals surface area (Å²) < 4.78 is 5.89. The first kappa shape index (κ1) is 14.7. The molecule has 0 saturated heterocycles. The van der Waals surface area contributed by atoms with E-state index in [-0.39, 0.29) is 0 Å². The van der Waals surface area contributed by atoms with Gasteiger partial charge in [-0.1, -0.05) is 23.8 Å². The van der Waals surface area contributed by atoms with Crippen molar-refractivity contribution < 1.29 is 4.74 Å². The molecule has 0 saturated carbocycles. The maximum absolute atomic E-state index is 5.89. The van der Waals surface area contributed by atoms with E-state index in [1.165, 1.54) is 0 Å². The molecule has 0 unspecified atom stereocenters. The van der Waals surface area contributed by atoms with Crippen molar-refractivity contribution in [2.24, 2.45) is 0 Å². The largest absolute Gasteiger partial charge is 0.441 e. The van der Waals surface area contributed by atoms with Gasteiger partial charge in [-0.05, 0) is 51.1 Å². The van der Waals surface area contributed by atoms with Crippen LogP contribution in [-0.4, -0.2) is 18.0 Å². The van der Waals surface area contributed by atoms with Crippen molar-refractivity contribution in [3.63, 3.8) is 0 Å². The summed E-state index contributed by atoms with van der Waals surface area (Å²) in [6, 6.07) is 7.39. The molecule has 0 bridgehead atoms. The number of ether oxygens (including phenoxy) is 1. The summed E-state index contributed by atoms with van der Waals surface area (Å²) in [7, 11) is 0. The standard InChI is InChI=1S/C15H20ClNO/c1-4-7-8-15(17(5-2)6-3)18-14-11-9-13(16)10-12-14/h4,7-12H,5-6H2,1-3H3/b7-4-,15-8-. The minimum absolute atomic E-state index is 0.712. The Balaban J connectivity index is 2.87. The Morgan fingerprint density at radius 2 is 1.83 bits per heavy atom. The van der Waals surface area contributed by atoms with Gasteiger partial charge in [-0.15, -0.1) is 0 Å². The molecule has 0 atom stereocenters. The number of allylic oxidation sites excluding steroid dienone is 3. The highest BCUT2D eigenvalue weighted by molar-refractivity contribution is 6.30. The van der Waals surface area contributed by atoms with Gasteiger partial charge in [-0.2, -0.15) is 0 Å². The van der Waals surface area contributed by atoms with Gasteiger partial charge in [0.2, 0.25) is 0 Å². The van der Waals surface area contributed by atoms with Crippen LogP contribution < -0.4 is 4.74 Å². The average molecular weight is 266 g/mol. The predicted molar refractivity (Wildman–Crippen MR) is 77.9 cm³/mol. The number of rotatable bonds is 6. The SMILES string of the molecule is C/C=C\C=C(/Oc1ccc(Cl)cc1)N(CC)CC. The van der Waals surface area contributed by atoms with Gasteiger partial charge in [0, 0.05) is 18.1 Å². The van der Waals surface area contributed by atoms with E-state index in [0.29, 0.717) is 5.02 Å². The molecule has 0 aromatic heterocycles. The number of nitrogens with zero attached hydrogens (tertiary/aromatic N) is 1. The molecule has 0 aliphatic rings. The summed E-state index contributed by atoms with van der Waals surface area (Å²) in [5, 5.41) is 0.712. The van der Waals surface area contributed by atoms with E-state index in [1.807, 2.05) is 49.4 Å².